The van der Waals surface area contributed by atoms with Crippen molar-refractivity contribution in [3.8, 4) is 11.5 Å². The Morgan fingerprint density at radius 2 is 1.28 bits per heavy atom. The number of anilines is 1. The van der Waals surface area contributed by atoms with Crippen LogP contribution in [0.25, 0.3) is 0 Å². The first-order valence-electron chi connectivity index (χ1n) is 10.6. The zero-order valence-electron chi connectivity index (χ0n) is 17.2. The highest BCUT2D eigenvalue weighted by molar-refractivity contribution is 6.22. The van der Waals surface area contributed by atoms with Crippen LogP contribution >= 0.6 is 0 Å². The summed E-state index contributed by atoms with van der Waals surface area (Å²) in [4.78, 5) is 27.3. The number of ether oxygens (including phenoxy) is 1. The minimum absolute atomic E-state index is 0.00126. The second-order valence-corrected chi connectivity index (χ2v) is 9.77. The maximum absolute atomic E-state index is 13.0. The molecule has 0 radical (unpaired) electrons. The first-order valence-corrected chi connectivity index (χ1v) is 10.6. The van der Waals surface area contributed by atoms with Crippen LogP contribution < -0.4 is 9.64 Å². The largest absolute Gasteiger partial charge is 0.457 e. The van der Waals surface area contributed by atoms with Crippen LogP contribution in [-0.4, -0.2) is 11.8 Å². The quantitative estimate of drug-likeness (QED) is 0.668. The third kappa shape index (κ3) is 2.97. The van der Waals surface area contributed by atoms with Gasteiger partial charge in [-0.05, 0) is 78.5 Å². The van der Waals surface area contributed by atoms with Crippen molar-refractivity contribution >= 4 is 17.5 Å². The number of hydrogen-bond acceptors (Lipinski definition) is 3. The highest BCUT2D eigenvalue weighted by Gasteiger charge is 2.61. The molecule has 2 aliphatic carbocycles. The molecule has 3 aliphatic rings. The van der Waals surface area contributed by atoms with Gasteiger partial charge < -0.3 is 4.74 Å². The van der Waals surface area contributed by atoms with Gasteiger partial charge in [-0.2, -0.15) is 0 Å². The first-order chi connectivity index (χ1) is 13.8. The summed E-state index contributed by atoms with van der Waals surface area (Å²) in [5, 5.41) is 0. The molecule has 4 heteroatoms. The van der Waals surface area contributed by atoms with Crippen molar-refractivity contribution in [3.63, 3.8) is 0 Å². The van der Waals surface area contributed by atoms with E-state index in [1.807, 2.05) is 36.4 Å². The van der Waals surface area contributed by atoms with Crippen LogP contribution in [0.5, 0.6) is 11.5 Å². The van der Waals surface area contributed by atoms with Gasteiger partial charge in [-0.15, -0.1) is 0 Å². The van der Waals surface area contributed by atoms with Gasteiger partial charge in [0.25, 0.3) is 0 Å². The number of amides is 2. The van der Waals surface area contributed by atoms with E-state index in [9.17, 15) is 9.59 Å². The molecule has 1 heterocycles. The Morgan fingerprint density at radius 3 is 1.76 bits per heavy atom. The molecule has 1 saturated heterocycles. The Labute approximate surface area is 171 Å². The molecule has 29 heavy (non-hydrogen) atoms. The van der Waals surface area contributed by atoms with Crippen LogP contribution in [0, 0.1) is 23.7 Å². The second kappa shape index (κ2) is 6.45. The van der Waals surface area contributed by atoms with Crippen molar-refractivity contribution < 1.29 is 14.3 Å². The Kier molecular flexibility index (Phi) is 4.09. The van der Waals surface area contributed by atoms with Crippen molar-refractivity contribution in [3.05, 3.63) is 54.1 Å². The molecular formula is C25H27NO3. The van der Waals surface area contributed by atoms with E-state index in [2.05, 4.69) is 32.9 Å². The van der Waals surface area contributed by atoms with Crippen LogP contribution in [0.3, 0.4) is 0 Å². The van der Waals surface area contributed by atoms with Gasteiger partial charge >= 0.3 is 0 Å². The maximum atomic E-state index is 13.0. The van der Waals surface area contributed by atoms with Gasteiger partial charge in [-0.3, -0.25) is 14.5 Å². The minimum Gasteiger partial charge on any atom is -0.457 e. The molecule has 2 saturated carbocycles. The fraction of sp³-hybridized carbons (Fsp3) is 0.440. The molecule has 2 aromatic carbocycles. The Bertz CT molecular complexity index is 927. The Morgan fingerprint density at radius 1 is 0.793 bits per heavy atom. The van der Waals surface area contributed by atoms with Crippen LogP contribution in [-0.2, 0) is 15.0 Å². The van der Waals surface area contributed by atoms with E-state index in [1.165, 1.54) is 10.5 Å². The molecule has 5 rings (SSSR count). The summed E-state index contributed by atoms with van der Waals surface area (Å²) in [6.45, 7) is 6.55. The molecule has 3 fully saturated rings. The normalized spacial score (nSPS) is 28.2. The molecule has 0 unspecified atom stereocenters. The van der Waals surface area contributed by atoms with E-state index in [-0.39, 0.29) is 29.1 Å². The minimum atomic E-state index is -0.0847. The average molecular weight is 389 g/mol. The van der Waals surface area contributed by atoms with Gasteiger partial charge in [-0.1, -0.05) is 32.9 Å². The Balaban J connectivity index is 1.32. The van der Waals surface area contributed by atoms with Crippen molar-refractivity contribution in [1.82, 2.24) is 0 Å². The Hall–Kier alpha value is -2.62. The van der Waals surface area contributed by atoms with E-state index in [0.717, 1.165) is 25.0 Å². The number of fused-ring (bicyclic) bond motifs is 5. The maximum Gasteiger partial charge on any atom is 0.237 e. The summed E-state index contributed by atoms with van der Waals surface area (Å²) in [6.07, 6.45) is 3.25. The van der Waals surface area contributed by atoms with Crippen LogP contribution in [0.2, 0.25) is 0 Å². The molecule has 0 spiro atoms. The molecule has 0 aromatic heterocycles. The van der Waals surface area contributed by atoms with E-state index in [1.54, 1.807) is 0 Å². The lowest BCUT2D eigenvalue weighted by atomic mass is 9.81. The van der Waals surface area contributed by atoms with Crippen LogP contribution in [0.15, 0.2) is 48.5 Å². The fourth-order valence-corrected chi connectivity index (χ4v) is 5.49. The summed E-state index contributed by atoms with van der Waals surface area (Å²) in [6, 6.07) is 15.4. The number of nitrogens with zero attached hydrogens (tertiary/aromatic N) is 1. The number of carbonyl (C=O) groups excluding carboxylic acids is 2. The molecular weight excluding hydrogens is 362 g/mol. The summed E-state index contributed by atoms with van der Waals surface area (Å²) in [5.41, 5.74) is 2.02. The topological polar surface area (TPSA) is 46.6 Å². The standard InChI is InChI=1S/C25H27NO3/c1-25(2,3)17-6-10-19(11-7-17)29-20-12-8-18(9-13-20)26-23(27)21-15-4-5-16(14-15)22(21)24(26)28/h6-13,15-16,21-22H,4-5,14H2,1-3H3/t15-,16+,21-,22+. The molecule has 150 valence electrons. The number of hydrogen-bond donors (Lipinski definition) is 0. The van der Waals surface area contributed by atoms with Crippen molar-refractivity contribution in [2.45, 2.75) is 45.4 Å². The van der Waals surface area contributed by atoms with Crippen LogP contribution in [0.1, 0.15) is 45.6 Å². The second-order valence-electron chi connectivity index (χ2n) is 9.77. The summed E-state index contributed by atoms with van der Waals surface area (Å²) >= 11 is 0. The van der Waals surface area contributed by atoms with Gasteiger partial charge in [0.05, 0.1) is 17.5 Å². The van der Waals surface area contributed by atoms with Gasteiger partial charge in [0.2, 0.25) is 11.8 Å². The summed E-state index contributed by atoms with van der Waals surface area (Å²) in [5.74, 6) is 2.10. The molecule has 0 N–H and O–H groups in total. The third-order valence-electron chi connectivity index (χ3n) is 6.98. The van der Waals surface area contributed by atoms with E-state index in [4.69, 9.17) is 4.74 Å². The smallest absolute Gasteiger partial charge is 0.237 e. The highest BCUT2D eigenvalue weighted by atomic mass is 16.5. The van der Waals surface area contributed by atoms with Crippen molar-refractivity contribution in [2.75, 3.05) is 4.90 Å². The first kappa shape index (κ1) is 18.4. The monoisotopic (exact) mass is 389 g/mol. The zero-order valence-corrected chi connectivity index (χ0v) is 17.2. The van der Waals surface area contributed by atoms with Crippen molar-refractivity contribution in [1.29, 1.82) is 0 Å². The molecule has 4 atom stereocenters. The van der Waals surface area contributed by atoms with Gasteiger partial charge in [0.15, 0.2) is 0 Å². The lowest BCUT2D eigenvalue weighted by Crippen LogP contribution is -2.32. The molecule has 4 nitrogen and oxygen atoms in total. The molecule has 2 bridgehead atoms. The third-order valence-corrected chi connectivity index (χ3v) is 6.98. The number of rotatable bonds is 3. The molecule has 1 aliphatic heterocycles. The lowest BCUT2D eigenvalue weighted by Gasteiger charge is -2.19. The predicted octanol–water partition coefficient (Wildman–Crippen LogP) is 5.31. The van der Waals surface area contributed by atoms with E-state index in [0.29, 0.717) is 23.3 Å². The molecule has 2 aromatic rings. The zero-order chi connectivity index (χ0) is 20.3. The highest BCUT2D eigenvalue weighted by Crippen LogP contribution is 2.56. The summed E-state index contributed by atoms with van der Waals surface area (Å²) in [7, 11) is 0. The summed E-state index contributed by atoms with van der Waals surface area (Å²) < 4.78 is 5.95. The van der Waals surface area contributed by atoms with E-state index >= 15 is 0 Å². The van der Waals surface area contributed by atoms with Crippen molar-refractivity contribution in [2.24, 2.45) is 23.7 Å². The number of carbonyl (C=O) groups is 2. The fourth-order valence-electron chi connectivity index (χ4n) is 5.49. The average Bonchev–Trinajstić information content (AvgIpc) is 3.36. The SMILES string of the molecule is CC(C)(C)c1ccc(Oc2ccc(N3C(=O)[C@@H]4[C@@H]5CC[C@@H](C5)[C@@H]4C3=O)cc2)cc1. The van der Waals surface area contributed by atoms with E-state index < -0.39 is 0 Å². The predicted molar refractivity (Wildman–Crippen MR) is 112 cm³/mol. The number of benzene rings is 2. The number of imide groups is 1. The van der Waals surface area contributed by atoms with Gasteiger partial charge in [0, 0.05) is 0 Å². The van der Waals surface area contributed by atoms with Crippen LogP contribution in [0.4, 0.5) is 5.69 Å². The lowest BCUT2D eigenvalue weighted by molar-refractivity contribution is -0.123. The van der Waals surface area contributed by atoms with Gasteiger partial charge in [0.1, 0.15) is 11.5 Å². The molecule has 2 amide bonds. The van der Waals surface area contributed by atoms with Gasteiger partial charge in [-0.25, -0.2) is 0 Å².